The van der Waals surface area contributed by atoms with Gasteiger partial charge in [0, 0.05) is 25.1 Å². The Labute approximate surface area is 128 Å². The molecule has 1 aliphatic heterocycles. The summed E-state index contributed by atoms with van der Waals surface area (Å²) in [7, 11) is 0. The van der Waals surface area contributed by atoms with E-state index in [1.165, 1.54) is 0 Å². The van der Waals surface area contributed by atoms with Crippen molar-refractivity contribution in [3.8, 4) is 0 Å². The van der Waals surface area contributed by atoms with Crippen molar-refractivity contribution in [3.05, 3.63) is 35.1 Å². The molecule has 4 heterocycles. The van der Waals surface area contributed by atoms with E-state index in [2.05, 4.69) is 51.3 Å². The van der Waals surface area contributed by atoms with E-state index in [1.807, 2.05) is 0 Å². The van der Waals surface area contributed by atoms with Crippen LogP contribution in [-0.2, 0) is 0 Å². The predicted octanol–water partition coefficient (Wildman–Crippen LogP) is 1.41. The van der Waals surface area contributed by atoms with Gasteiger partial charge < -0.3 is 4.90 Å². The molecular weight excluding hydrogens is 336 g/mol. The van der Waals surface area contributed by atoms with E-state index in [0.717, 1.165) is 35.5 Å². The number of hydrogen-bond acceptors (Lipinski definition) is 7. The lowest BCUT2D eigenvalue weighted by Gasteiger charge is -2.24. The average Bonchev–Trinajstić information content (AvgIpc) is 3.16. The summed E-state index contributed by atoms with van der Waals surface area (Å²) in [5, 5.41) is 11.7. The van der Waals surface area contributed by atoms with Crippen LogP contribution in [0, 0.1) is 0 Å². The summed E-state index contributed by atoms with van der Waals surface area (Å²) >= 11 is 3.36. The van der Waals surface area contributed by atoms with E-state index in [-0.39, 0.29) is 6.04 Å². The predicted molar refractivity (Wildman–Crippen MR) is 77.6 cm³/mol. The first kappa shape index (κ1) is 12.6. The van der Waals surface area contributed by atoms with E-state index in [4.69, 9.17) is 0 Å². The van der Waals surface area contributed by atoms with Gasteiger partial charge in [0.15, 0.2) is 11.6 Å². The summed E-state index contributed by atoms with van der Waals surface area (Å²) in [6, 6.07) is 0.105. The largest absolute Gasteiger partial charge is 0.343 e. The van der Waals surface area contributed by atoms with E-state index in [9.17, 15) is 0 Å². The van der Waals surface area contributed by atoms with E-state index < -0.39 is 0 Å². The lowest BCUT2D eigenvalue weighted by atomic mass is 10.2. The monoisotopic (exact) mass is 346 g/mol. The van der Waals surface area contributed by atoms with Crippen LogP contribution in [0.3, 0.4) is 0 Å². The molecule has 1 fully saturated rings. The highest BCUT2D eigenvalue weighted by atomic mass is 79.9. The molecule has 0 amide bonds. The zero-order valence-electron chi connectivity index (χ0n) is 11.0. The molecule has 0 aromatic carbocycles. The van der Waals surface area contributed by atoms with Gasteiger partial charge in [-0.25, -0.2) is 15.0 Å². The second-order valence-corrected chi connectivity index (χ2v) is 5.72. The van der Waals surface area contributed by atoms with Crippen LogP contribution in [0.4, 0.5) is 5.82 Å². The average molecular weight is 347 g/mol. The number of aromatic nitrogens is 7. The van der Waals surface area contributed by atoms with Gasteiger partial charge in [0.1, 0.15) is 0 Å². The number of rotatable bonds is 2. The topological polar surface area (TPSA) is 85.0 Å². The fraction of sp³-hybridized carbons (Fsp3) is 0.333. The number of tetrazole rings is 1. The zero-order valence-corrected chi connectivity index (χ0v) is 12.5. The fourth-order valence-corrected chi connectivity index (χ4v) is 2.86. The number of halogens is 1. The Bertz CT molecular complexity index is 770. The molecule has 8 nitrogen and oxygen atoms in total. The molecule has 3 aromatic heterocycles. The Hall–Kier alpha value is -2.16. The third-order valence-electron chi connectivity index (χ3n) is 3.56. The Morgan fingerprint density at radius 1 is 1.19 bits per heavy atom. The smallest absolute Gasteiger partial charge is 0.222 e. The summed E-state index contributed by atoms with van der Waals surface area (Å²) < 4.78 is 2.50. The normalized spacial score (nSPS) is 18.5. The first-order valence-electron chi connectivity index (χ1n) is 6.60. The minimum absolute atomic E-state index is 0.105. The summed E-state index contributed by atoms with van der Waals surface area (Å²) in [5.74, 6) is 1.57. The highest BCUT2D eigenvalue weighted by Crippen LogP contribution is 2.34. The van der Waals surface area contributed by atoms with Crippen LogP contribution in [0.2, 0.25) is 0 Å². The quantitative estimate of drug-likeness (QED) is 0.693. The molecule has 1 atom stereocenters. The SMILES string of the molecule is Brc1cnc(C2CCCN2c2nccn3nnnc23)nc1. The molecule has 106 valence electrons. The van der Waals surface area contributed by atoms with Crippen molar-refractivity contribution in [3.63, 3.8) is 0 Å². The summed E-state index contributed by atoms with van der Waals surface area (Å²) in [4.78, 5) is 15.5. The van der Waals surface area contributed by atoms with Crippen LogP contribution in [0.25, 0.3) is 5.65 Å². The third-order valence-corrected chi connectivity index (χ3v) is 3.97. The fourth-order valence-electron chi connectivity index (χ4n) is 2.65. The maximum absolute atomic E-state index is 4.45. The van der Waals surface area contributed by atoms with Crippen molar-refractivity contribution in [1.29, 1.82) is 0 Å². The van der Waals surface area contributed by atoms with Gasteiger partial charge in [-0.3, -0.25) is 0 Å². The van der Waals surface area contributed by atoms with Crippen molar-refractivity contribution in [2.45, 2.75) is 18.9 Å². The molecule has 0 N–H and O–H groups in total. The van der Waals surface area contributed by atoms with Gasteiger partial charge >= 0.3 is 0 Å². The van der Waals surface area contributed by atoms with E-state index in [0.29, 0.717) is 5.65 Å². The summed E-state index contributed by atoms with van der Waals surface area (Å²) in [5.41, 5.74) is 0.654. The zero-order chi connectivity index (χ0) is 14.2. The van der Waals surface area contributed by atoms with Gasteiger partial charge in [0.05, 0.1) is 16.7 Å². The Morgan fingerprint density at radius 2 is 2.05 bits per heavy atom. The molecular formula is C12H11BrN8. The van der Waals surface area contributed by atoms with Gasteiger partial charge in [-0.1, -0.05) is 0 Å². The number of nitrogens with zero attached hydrogens (tertiary/aromatic N) is 8. The first-order chi connectivity index (χ1) is 10.3. The van der Waals surface area contributed by atoms with E-state index in [1.54, 1.807) is 29.3 Å². The van der Waals surface area contributed by atoms with Crippen molar-refractivity contribution in [1.82, 2.24) is 35.0 Å². The number of anilines is 1. The molecule has 4 rings (SSSR count). The van der Waals surface area contributed by atoms with Crippen LogP contribution in [0.1, 0.15) is 24.7 Å². The lowest BCUT2D eigenvalue weighted by Crippen LogP contribution is -2.25. The van der Waals surface area contributed by atoms with Gasteiger partial charge in [0.25, 0.3) is 0 Å². The highest BCUT2D eigenvalue weighted by molar-refractivity contribution is 9.10. The molecule has 3 aromatic rings. The molecule has 0 bridgehead atoms. The van der Waals surface area contributed by atoms with Crippen molar-refractivity contribution in [2.24, 2.45) is 0 Å². The molecule has 0 radical (unpaired) electrons. The van der Waals surface area contributed by atoms with E-state index >= 15 is 0 Å². The molecule has 1 aliphatic rings. The van der Waals surface area contributed by atoms with Crippen LogP contribution in [0.15, 0.2) is 29.3 Å². The Kier molecular flexibility index (Phi) is 2.99. The molecule has 1 unspecified atom stereocenters. The molecule has 0 spiro atoms. The number of hydrogen-bond donors (Lipinski definition) is 0. The van der Waals surface area contributed by atoms with Crippen molar-refractivity contribution < 1.29 is 0 Å². The van der Waals surface area contributed by atoms with Crippen molar-refractivity contribution in [2.75, 3.05) is 11.4 Å². The molecule has 0 saturated carbocycles. The summed E-state index contributed by atoms with van der Waals surface area (Å²) in [6.07, 6.45) is 9.04. The van der Waals surface area contributed by atoms with Gasteiger partial charge in [-0.15, -0.1) is 5.10 Å². The summed E-state index contributed by atoms with van der Waals surface area (Å²) in [6.45, 7) is 0.892. The van der Waals surface area contributed by atoms with Crippen LogP contribution in [-0.4, -0.2) is 41.5 Å². The second-order valence-electron chi connectivity index (χ2n) is 4.81. The minimum atomic E-state index is 0.105. The Balaban J connectivity index is 1.76. The Morgan fingerprint density at radius 3 is 2.90 bits per heavy atom. The maximum Gasteiger partial charge on any atom is 0.222 e. The second kappa shape index (κ2) is 4.99. The number of fused-ring (bicyclic) bond motifs is 1. The van der Waals surface area contributed by atoms with Crippen LogP contribution < -0.4 is 4.90 Å². The standard InChI is InChI=1S/C12H11BrN8/c13-8-6-15-10(16-7-8)9-2-1-4-20(9)11-12-17-18-19-21(12)5-3-14-11/h3,5-7,9H,1-2,4H2. The van der Waals surface area contributed by atoms with Crippen LogP contribution >= 0.6 is 15.9 Å². The van der Waals surface area contributed by atoms with Gasteiger partial charge in [0.2, 0.25) is 5.65 Å². The van der Waals surface area contributed by atoms with Gasteiger partial charge in [-0.2, -0.15) is 4.52 Å². The molecule has 21 heavy (non-hydrogen) atoms. The third kappa shape index (κ3) is 2.13. The van der Waals surface area contributed by atoms with Gasteiger partial charge in [-0.05, 0) is 39.2 Å². The van der Waals surface area contributed by atoms with Crippen LogP contribution in [0.5, 0.6) is 0 Å². The molecule has 1 saturated heterocycles. The van der Waals surface area contributed by atoms with Crippen molar-refractivity contribution >= 4 is 27.4 Å². The molecule has 0 aliphatic carbocycles. The highest BCUT2D eigenvalue weighted by Gasteiger charge is 2.31. The lowest BCUT2D eigenvalue weighted by molar-refractivity contribution is 0.659. The maximum atomic E-state index is 4.45. The minimum Gasteiger partial charge on any atom is -0.343 e. The first-order valence-corrected chi connectivity index (χ1v) is 7.39. The molecule has 9 heteroatoms.